The van der Waals surface area contributed by atoms with Crippen molar-refractivity contribution in [3.63, 3.8) is 0 Å². The predicted octanol–water partition coefficient (Wildman–Crippen LogP) is 5.33. The van der Waals surface area contributed by atoms with Crippen LogP contribution < -0.4 is 10.1 Å². The van der Waals surface area contributed by atoms with Gasteiger partial charge in [-0.25, -0.2) is 4.98 Å². The van der Waals surface area contributed by atoms with Crippen LogP contribution in [0.3, 0.4) is 0 Å². The molecular formula is C26H26N4O2. The topological polar surface area (TPSA) is 70.2 Å². The lowest BCUT2D eigenvalue weighted by molar-refractivity contribution is 0.0712. The Morgan fingerprint density at radius 3 is 2.47 bits per heavy atom. The highest BCUT2D eigenvalue weighted by Crippen LogP contribution is 2.30. The first kappa shape index (κ1) is 20.1. The minimum Gasteiger partial charge on any atom is -0.497 e. The van der Waals surface area contributed by atoms with Crippen molar-refractivity contribution >= 4 is 28.3 Å². The summed E-state index contributed by atoms with van der Waals surface area (Å²) < 4.78 is 5.22. The van der Waals surface area contributed by atoms with Crippen molar-refractivity contribution in [3.8, 4) is 5.75 Å². The molecule has 0 spiro atoms. The van der Waals surface area contributed by atoms with Gasteiger partial charge in [-0.05, 0) is 61.4 Å². The number of methoxy groups -OCH3 is 1. The zero-order valence-corrected chi connectivity index (χ0v) is 18.0. The molecule has 2 heterocycles. The number of anilines is 2. The first-order chi connectivity index (χ1) is 15.7. The molecule has 1 aliphatic rings. The van der Waals surface area contributed by atoms with Gasteiger partial charge >= 0.3 is 0 Å². The van der Waals surface area contributed by atoms with E-state index < -0.39 is 0 Å². The maximum Gasteiger partial charge on any atom is 0.255 e. The molecule has 0 aliphatic carbocycles. The van der Waals surface area contributed by atoms with Gasteiger partial charge in [-0.1, -0.05) is 24.3 Å². The zero-order valence-electron chi connectivity index (χ0n) is 18.0. The lowest BCUT2D eigenvalue weighted by atomic mass is 9.95. The van der Waals surface area contributed by atoms with Crippen molar-refractivity contribution < 1.29 is 9.53 Å². The van der Waals surface area contributed by atoms with E-state index in [0.717, 1.165) is 59.9 Å². The second-order valence-corrected chi connectivity index (χ2v) is 8.10. The molecule has 0 saturated carbocycles. The van der Waals surface area contributed by atoms with Crippen LogP contribution in [0.4, 0.5) is 11.4 Å². The fourth-order valence-electron chi connectivity index (χ4n) is 4.30. The van der Waals surface area contributed by atoms with Crippen LogP contribution in [0.5, 0.6) is 5.75 Å². The van der Waals surface area contributed by atoms with E-state index in [2.05, 4.69) is 16.4 Å². The number of ether oxygens (including phenoxy) is 1. The number of nitrogens with zero attached hydrogens (tertiary/aromatic N) is 2. The van der Waals surface area contributed by atoms with Gasteiger partial charge in [0.25, 0.3) is 5.91 Å². The van der Waals surface area contributed by atoms with Crippen molar-refractivity contribution in [1.29, 1.82) is 0 Å². The van der Waals surface area contributed by atoms with Crippen LogP contribution >= 0.6 is 0 Å². The summed E-state index contributed by atoms with van der Waals surface area (Å²) in [6.07, 6.45) is 1.80. The van der Waals surface area contributed by atoms with Crippen LogP contribution in [0.25, 0.3) is 11.0 Å². The fourth-order valence-corrected chi connectivity index (χ4v) is 4.30. The summed E-state index contributed by atoms with van der Waals surface area (Å²) in [4.78, 5) is 23.5. The van der Waals surface area contributed by atoms with Gasteiger partial charge in [0.1, 0.15) is 11.6 Å². The standard InChI is InChI=1S/C26H26N4O2/c1-32-20-12-10-19(11-13-20)27-22-7-3-2-6-21(22)26(31)30-16-14-18(15-17-30)25-28-23-8-4-5-9-24(23)29-25/h2-13,18,27H,14-17H2,1H3,(H,28,29). The monoisotopic (exact) mass is 426 g/mol. The van der Waals surface area contributed by atoms with Gasteiger partial charge < -0.3 is 19.9 Å². The molecule has 2 N–H and O–H groups in total. The molecule has 6 nitrogen and oxygen atoms in total. The summed E-state index contributed by atoms with van der Waals surface area (Å²) >= 11 is 0. The van der Waals surface area contributed by atoms with E-state index in [4.69, 9.17) is 9.72 Å². The number of benzene rings is 3. The number of rotatable bonds is 5. The Balaban J connectivity index is 1.28. The number of aromatic nitrogens is 2. The molecule has 1 fully saturated rings. The summed E-state index contributed by atoms with van der Waals surface area (Å²) in [5, 5.41) is 3.38. The van der Waals surface area contributed by atoms with Crippen LogP contribution in [0.1, 0.15) is 34.9 Å². The van der Waals surface area contributed by atoms with E-state index in [1.807, 2.05) is 71.6 Å². The van der Waals surface area contributed by atoms with Gasteiger partial charge in [0, 0.05) is 24.7 Å². The molecule has 6 heteroatoms. The van der Waals surface area contributed by atoms with Crippen molar-refractivity contribution in [2.45, 2.75) is 18.8 Å². The number of nitrogens with one attached hydrogen (secondary N) is 2. The van der Waals surface area contributed by atoms with Crippen LogP contribution in [0.2, 0.25) is 0 Å². The lowest BCUT2D eigenvalue weighted by Crippen LogP contribution is -2.38. The molecule has 1 aliphatic heterocycles. The van der Waals surface area contributed by atoms with Crippen LogP contribution in [0.15, 0.2) is 72.8 Å². The van der Waals surface area contributed by atoms with Gasteiger partial charge in [-0.2, -0.15) is 0 Å². The number of carbonyl (C=O) groups excluding carboxylic acids is 1. The second-order valence-electron chi connectivity index (χ2n) is 8.10. The summed E-state index contributed by atoms with van der Waals surface area (Å²) in [6, 6.07) is 23.5. The molecule has 0 bridgehead atoms. The molecule has 1 aromatic heterocycles. The molecule has 0 atom stereocenters. The van der Waals surface area contributed by atoms with E-state index in [-0.39, 0.29) is 5.91 Å². The molecule has 0 radical (unpaired) electrons. The van der Waals surface area contributed by atoms with E-state index in [9.17, 15) is 4.79 Å². The van der Waals surface area contributed by atoms with Gasteiger partial charge in [-0.15, -0.1) is 0 Å². The molecule has 1 amide bonds. The number of likely N-dealkylation sites (tertiary alicyclic amines) is 1. The predicted molar refractivity (Wildman–Crippen MR) is 127 cm³/mol. The number of fused-ring (bicyclic) bond motifs is 1. The quantitative estimate of drug-likeness (QED) is 0.452. The Kier molecular flexibility index (Phi) is 5.50. The largest absolute Gasteiger partial charge is 0.497 e. The van der Waals surface area contributed by atoms with Crippen molar-refractivity contribution in [2.75, 3.05) is 25.5 Å². The third-order valence-electron chi connectivity index (χ3n) is 6.10. The van der Waals surface area contributed by atoms with Crippen molar-refractivity contribution in [1.82, 2.24) is 14.9 Å². The number of hydrogen-bond donors (Lipinski definition) is 2. The Hall–Kier alpha value is -3.80. The molecule has 1 saturated heterocycles. The average molecular weight is 427 g/mol. The smallest absolute Gasteiger partial charge is 0.255 e. The molecule has 4 aromatic rings. The van der Waals surface area contributed by atoms with E-state index >= 15 is 0 Å². The molecule has 32 heavy (non-hydrogen) atoms. The Labute approximate surface area is 187 Å². The summed E-state index contributed by atoms with van der Waals surface area (Å²) in [5.41, 5.74) is 4.47. The number of imidazole rings is 1. The minimum absolute atomic E-state index is 0.0599. The van der Waals surface area contributed by atoms with Crippen molar-refractivity contribution in [3.05, 3.63) is 84.2 Å². The zero-order chi connectivity index (χ0) is 21.9. The number of para-hydroxylation sites is 3. The Morgan fingerprint density at radius 1 is 1.00 bits per heavy atom. The van der Waals surface area contributed by atoms with Crippen molar-refractivity contribution in [2.24, 2.45) is 0 Å². The highest BCUT2D eigenvalue weighted by molar-refractivity contribution is 6.00. The van der Waals surface area contributed by atoms with E-state index in [1.165, 1.54) is 0 Å². The number of H-pyrrole nitrogens is 1. The maximum absolute atomic E-state index is 13.3. The highest BCUT2D eigenvalue weighted by Gasteiger charge is 2.27. The van der Waals surface area contributed by atoms with Crippen LogP contribution in [-0.2, 0) is 0 Å². The summed E-state index contributed by atoms with van der Waals surface area (Å²) in [5.74, 6) is 2.23. The normalized spacial score (nSPS) is 14.5. The number of amides is 1. The maximum atomic E-state index is 13.3. The highest BCUT2D eigenvalue weighted by atomic mass is 16.5. The second kappa shape index (κ2) is 8.75. The fraction of sp³-hybridized carbons (Fsp3) is 0.231. The lowest BCUT2D eigenvalue weighted by Gasteiger charge is -2.31. The summed E-state index contributed by atoms with van der Waals surface area (Å²) in [6.45, 7) is 1.44. The molecule has 0 unspecified atom stereocenters. The number of hydrogen-bond acceptors (Lipinski definition) is 4. The molecule has 162 valence electrons. The number of carbonyl (C=O) groups is 1. The number of aromatic amines is 1. The first-order valence-corrected chi connectivity index (χ1v) is 11.0. The van der Waals surface area contributed by atoms with Gasteiger partial charge in [-0.3, -0.25) is 4.79 Å². The van der Waals surface area contributed by atoms with Crippen LogP contribution in [0, 0.1) is 0 Å². The number of piperidine rings is 1. The first-order valence-electron chi connectivity index (χ1n) is 11.0. The van der Waals surface area contributed by atoms with E-state index in [1.54, 1.807) is 7.11 Å². The molecular weight excluding hydrogens is 400 g/mol. The molecule has 3 aromatic carbocycles. The van der Waals surface area contributed by atoms with Gasteiger partial charge in [0.2, 0.25) is 0 Å². The Morgan fingerprint density at radius 2 is 1.72 bits per heavy atom. The summed E-state index contributed by atoms with van der Waals surface area (Å²) in [7, 11) is 1.65. The third kappa shape index (κ3) is 4.04. The van der Waals surface area contributed by atoms with E-state index in [0.29, 0.717) is 11.5 Å². The SMILES string of the molecule is COc1ccc(Nc2ccccc2C(=O)N2CCC(c3nc4ccccc4[nH]3)CC2)cc1. The Bertz CT molecular complexity index is 1190. The van der Waals surface area contributed by atoms with Crippen LogP contribution in [-0.4, -0.2) is 41.0 Å². The van der Waals surface area contributed by atoms with Gasteiger partial charge in [0.05, 0.1) is 29.4 Å². The average Bonchev–Trinajstić information content (AvgIpc) is 3.29. The minimum atomic E-state index is 0.0599. The van der Waals surface area contributed by atoms with Gasteiger partial charge in [0.15, 0.2) is 0 Å². The third-order valence-corrected chi connectivity index (χ3v) is 6.10. The molecule has 5 rings (SSSR count).